The fourth-order valence-electron chi connectivity index (χ4n) is 1.28. The molecule has 66 valence electrons. The van der Waals surface area contributed by atoms with E-state index in [-0.39, 0.29) is 28.7 Å². The molecule has 0 aliphatic carbocycles. The Balaban J connectivity index is 0. The molecule has 2 atom stereocenters. The maximum atomic E-state index is 10.9. The molecule has 0 aromatic rings. The third-order valence-corrected chi connectivity index (χ3v) is 1.90. The summed E-state index contributed by atoms with van der Waals surface area (Å²) in [6.45, 7) is 0. The molecule has 2 rings (SSSR count). The standard InChI is InChI=1S/C5H8N4O2.3H2/c1-9-3-2(7-5(9)11)6-4(10)8-3;;;/h2-3H,1H3,(H,7,11)(H2,6,8,10);3*1H. The normalized spacial score (nSPS) is 34.5. The first-order chi connectivity index (χ1) is 5.18. The molecule has 0 aromatic carbocycles. The second-order valence-electron chi connectivity index (χ2n) is 2.60. The number of likely N-dealkylation sites (N-methyl/N-ethyl adjacent to an activating group) is 1. The molecule has 2 heterocycles. The molecule has 6 nitrogen and oxygen atoms in total. The van der Waals surface area contributed by atoms with Crippen molar-refractivity contribution in [2.45, 2.75) is 12.3 Å². The lowest BCUT2D eigenvalue weighted by Crippen LogP contribution is -2.40. The number of amides is 4. The molecule has 0 bridgehead atoms. The van der Waals surface area contributed by atoms with Gasteiger partial charge in [-0.15, -0.1) is 0 Å². The van der Waals surface area contributed by atoms with Gasteiger partial charge >= 0.3 is 12.1 Å². The van der Waals surface area contributed by atoms with E-state index < -0.39 is 0 Å². The number of carbonyl (C=O) groups is 2. The number of hydrogen-bond donors (Lipinski definition) is 3. The molecule has 4 amide bonds. The van der Waals surface area contributed by atoms with Gasteiger partial charge in [-0.1, -0.05) is 0 Å². The van der Waals surface area contributed by atoms with Crippen molar-refractivity contribution in [3.63, 3.8) is 0 Å². The monoisotopic (exact) mass is 162 g/mol. The van der Waals surface area contributed by atoms with Gasteiger partial charge in [-0.25, -0.2) is 9.59 Å². The van der Waals surface area contributed by atoms with Gasteiger partial charge < -0.3 is 20.9 Å². The van der Waals surface area contributed by atoms with Gasteiger partial charge in [-0.3, -0.25) is 0 Å². The summed E-state index contributed by atoms with van der Waals surface area (Å²) >= 11 is 0. The van der Waals surface area contributed by atoms with Crippen molar-refractivity contribution < 1.29 is 13.9 Å². The molecular formula is C5H14N4O2. The molecule has 2 aliphatic heterocycles. The van der Waals surface area contributed by atoms with Crippen LogP contribution in [-0.4, -0.2) is 36.3 Å². The highest BCUT2D eigenvalue weighted by molar-refractivity contribution is 5.84. The largest absolute Gasteiger partial charge is 0.320 e. The topological polar surface area (TPSA) is 73.5 Å². The van der Waals surface area contributed by atoms with Gasteiger partial charge in [0, 0.05) is 11.3 Å². The SMILES string of the molecule is CN1C(=O)NC2NC(=O)NC21.[HH].[HH].[HH]. The second kappa shape index (κ2) is 1.77. The number of nitrogens with zero attached hydrogens (tertiary/aromatic N) is 1. The van der Waals surface area contributed by atoms with E-state index in [1.54, 1.807) is 7.05 Å². The van der Waals surface area contributed by atoms with Crippen molar-refractivity contribution in [2.75, 3.05) is 7.05 Å². The Bertz CT molecular complexity index is 239. The van der Waals surface area contributed by atoms with Crippen molar-refractivity contribution >= 4 is 12.1 Å². The highest BCUT2D eigenvalue weighted by atomic mass is 16.2. The lowest BCUT2D eigenvalue weighted by atomic mass is 10.4. The van der Waals surface area contributed by atoms with E-state index in [0.29, 0.717) is 0 Å². The maximum absolute atomic E-state index is 10.9. The van der Waals surface area contributed by atoms with Crippen molar-refractivity contribution in [2.24, 2.45) is 0 Å². The van der Waals surface area contributed by atoms with Gasteiger partial charge in [0.2, 0.25) is 0 Å². The lowest BCUT2D eigenvalue weighted by molar-refractivity contribution is 0.210. The van der Waals surface area contributed by atoms with Crippen molar-refractivity contribution in [1.29, 1.82) is 0 Å². The minimum atomic E-state index is -0.278. The minimum absolute atomic E-state index is 0. The Morgan fingerprint density at radius 1 is 1.36 bits per heavy atom. The summed E-state index contributed by atoms with van der Waals surface area (Å²) in [7, 11) is 1.63. The molecule has 0 radical (unpaired) electrons. The van der Waals surface area contributed by atoms with Gasteiger partial charge in [0.25, 0.3) is 0 Å². The van der Waals surface area contributed by atoms with Gasteiger partial charge in [-0.05, 0) is 0 Å². The Morgan fingerprint density at radius 3 is 2.73 bits per heavy atom. The number of rotatable bonds is 0. The van der Waals surface area contributed by atoms with E-state index in [0.717, 1.165) is 0 Å². The van der Waals surface area contributed by atoms with Gasteiger partial charge in [0.1, 0.15) is 12.3 Å². The van der Waals surface area contributed by atoms with Gasteiger partial charge in [0.05, 0.1) is 0 Å². The van der Waals surface area contributed by atoms with Crippen LogP contribution in [0.1, 0.15) is 4.28 Å². The summed E-state index contributed by atoms with van der Waals surface area (Å²) in [4.78, 5) is 23.1. The van der Waals surface area contributed by atoms with Crippen LogP contribution in [-0.2, 0) is 0 Å². The van der Waals surface area contributed by atoms with Crippen LogP contribution in [0.4, 0.5) is 9.59 Å². The minimum Gasteiger partial charge on any atom is -0.314 e. The average Bonchev–Trinajstić information content (AvgIpc) is 2.37. The van der Waals surface area contributed by atoms with E-state index in [1.165, 1.54) is 4.90 Å². The number of nitrogens with one attached hydrogen (secondary N) is 3. The van der Waals surface area contributed by atoms with Crippen LogP contribution in [0.25, 0.3) is 0 Å². The van der Waals surface area contributed by atoms with Crippen LogP contribution in [0.5, 0.6) is 0 Å². The zero-order valence-electron chi connectivity index (χ0n) is 5.92. The van der Waals surface area contributed by atoms with Crippen molar-refractivity contribution in [3.8, 4) is 0 Å². The molecule has 2 fully saturated rings. The van der Waals surface area contributed by atoms with Crippen LogP contribution >= 0.6 is 0 Å². The third-order valence-electron chi connectivity index (χ3n) is 1.90. The Labute approximate surface area is 67.4 Å². The van der Waals surface area contributed by atoms with Crippen molar-refractivity contribution in [1.82, 2.24) is 20.9 Å². The van der Waals surface area contributed by atoms with E-state index >= 15 is 0 Å². The average molecular weight is 162 g/mol. The molecule has 11 heavy (non-hydrogen) atoms. The van der Waals surface area contributed by atoms with Crippen LogP contribution in [0.15, 0.2) is 0 Å². The summed E-state index contributed by atoms with van der Waals surface area (Å²) in [5.74, 6) is 0. The van der Waals surface area contributed by atoms with E-state index in [1.807, 2.05) is 0 Å². The smallest absolute Gasteiger partial charge is 0.314 e. The third kappa shape index (κ3) is 0.719. The summed E-state index contributed by atoms with van der Waals surface area (Å²) in [6.07, 6.45) is -0.519. The maximum Gasteiger partial charge on any atom is 0.320 e. The van der Waals surface area contributed by atoms with E-state index in [9.17, 15) is 9.59 Å². The predicted octanol–water partition coefficient (Wildman–Crippen LogP) is -0.656. The Morgan fingerprint density at radius 2 is 2.09 bits per heavy atom. The van der Waals surface area contributed by atoms with Crippen molar-refractivity contribution in [3.05, 3.63) is 0 Å². The van der Waals surface area contributed by atoms with E-state index in [2.05, 4.69) is 16.0 Å². The molecule has 6 heteroatoms. The zero-order chi connectivity index (χ0) is 8.01. The lowest BCUT2D eigenvalue weighted by Gasteiger charge is -2.14. The Hall–Kier alpha value is -1.46. The summed E-state index contributed by atoms with van der Waals surface area (Å²) in [6, 6.07) is -0.417. The highest BCUT2D eigenvalue weighted by Crippen LogP contribution is 2.10. The predicted molar refractivity (Wildman–Crippen MR) is 41.9 cm³/mol. The summed E-state index contributed by atoms with van der Waals surface area (Å²) in [5, 5.41) is 7.73. The number of hydrogen-bond acceptors (Lipinski definition) is 2. The van der Waals surface area contributed by atoms with Crippen LogP contribution in [0.3, 0.4) is 0 Å². The first kappa shape index (κ1) is 6.26. The number of carbonyl (C=O) groups excluding carboxylic acids is 2. The quantitative estimate of drug-likeness (QED) is 0.442. The molecule has 2 unspecified atom stereocenters. The van der Waals surface area contributed by atoms with Gasteiger partial charge in [-0.2, -0.15) is 0 Å². The molecule has 0 aromatic heterocycles. The fraction of sp³-hybridized carbons (Fsp3) is 0.600. The van der Waals surface area contributed by atoms with Crippen LogP contribution in [0.2, 0.25) is 0 Å². The molecule has 2 saturated heterocycles. The molecule has 0 saturated carbocycles. The van der Waals surface area contributed by atoms with Crippen LogP contribution in [0, 0.1) is 0 Å². The Kier molecular flexibility index (Phi) is 1.01. The van der Waals surface area contributed by atoms with Crippen LogP contribution < -0.4 is 16.0 Å². The fourth-order valence-corrected chi connectivity index (χ4v) is 1.28. The molecule has 0 spiro atoms. The first-order valence-corrected chi connectivity index (χ1v) is 3.29. The molecule has 3 N–H and O–H groups in total. The number of urea groups is 2. The summed E-state index contributed by atoms with van der Waals surface area (Å²) in [5.41, 5.74) is 0. The van der Waals surface area contributed by atoms with Gasteiger partial charge in [0.15, 0.2) is 0 Å². The number of fused-ring (bicyclic) bond motifs is 1. The summed E-state index contributed by atoms with van der Waals surface area (Å²) < 4.78 is 0. The molecular weight excluding hydrogens is 148 g/mol. The second-order valence-corrected chi connectivity index (χ2v) is 2.60. The molecule has 2 aliphatic rings. The van der Waals surface area contributed by atoms with E-state index in [4.69, 9.17) is 0 Å². The first-order valence-electron chi connectivity index (χ1n) is 3.29. The highest BCUT2D eigenvalue weighted by Gasteiger charge is 2.43. The zero-order valence-corrected chi connectivity index (χ0v) is 5.92.